The highest BCUT2D eigenvalue weighted by atomic mass is 16.3. The highest BCUT2D eigenvalue weighted by Gasteiger charge is 2.22. The average molecular weight is 217 g/mol. The van der Waals surface area contributed by atoms with Crippen molar-refractivity contribution in [3.05, 3.63) is 0 Å². The molecule has 90 valence electrons. The zero-order valence-corrected chi connectivity index (χ0v) is 10.3. The summed E-state index contributed by atoms with van der Waals surface area (Å²) >= 11 is 0. The molecule has 2 atom stereocenters. The van der Waals surface area contributed by atoms with Gasteiger partial charge in [-0.2, -0.15) is 0 Å². The second kappa shape index (κ2) is 6.05. The molecule has 0 aromatic carbocycles. The molecule has 0 aliphatic carbocycles. The van der Waals surface area contributed by atoms with Crippen molar-refractivity contribution in [1.29, 1.82) is 0 Å². The van der Waals surface area contributed by atoms with E-state index in [2.05, 4.69) is 10.6 Å². The predicted octanol–water partition coefficient (Wildman–Crippen LogP) is -0.977. The van der Waals surface area contributed by atoms with E-state index in [0.717, 1.165) is 0 Å². The van der Waals surface area contributed by atoms with Crippen molar-refractivity contribution < 1.29 is 9.90 Å². The molecule has 0 rings (SSSR count). The van der Waals surface area contributed by atoms with Crippen LogP contribution in [0.1, 0.15) is 13.8 Å². The monoisotopic (exact) mass is 217 g/mol. The van der Waals surface area contributed by atoms with E-state index < -0.39 is 5.60 Å². The summed E-state index contributed by atoms with van der Waals surface area (Å²) in [6.45, 7) is 4.25. The molecule has 5 heteroatoms. The molecule has 5 nitrogen and oxygen atoms in total. The molecule has 0 saturated carbocycles. The van der Waals surface area contributed by atoms with Gasteiger partial charge in [0, 0.05) is 13.1 Å². The van der Waals surface area contributed by atoms with Crippen LogP contribution in [-0.4, -0.2) is 61.8 Å². The Labute approximate surface area is 91.8 Å². The van der Waals surface area contributed by atoms with E-state index >= 15 is 0 Å². The molecular weight excluding hydrogens is 194 g/mol. The number of nitrogens with one attached hydrogen (secondary N) is 2. The van der Waals surface area contributed by atoms with E-state index in [4.69, 9.17) is 0 Å². The molecule has 0 bridgehead atoms. The van der Waals surface area contributed by atoms with Crippen LogP contribution >= 0.6 is 0 Å². The van der Waals surface area contributed by atoms with Crippen molar-refractivity contribution in [1.82, 2.24) is 15.5 Å². The number of hydrogen-bond donors (Lipinski definition) is 3. The minimum absolute atomic E-state index is 0.100. The lowest BCUT2D eigenvalue weighted by atomic mass is 10.1. The van der Waals surface area contributed by atoms with Gasteiger partial charge in [0.2, 0.25) is 5.91 Å². The predicted molar refractivity (Wildman–Crippen MR) is 60.7 cm³/mol. The normalized spacial score (nSPS) is 17.3. The Morgan fingerprint density at radius 3 is 2.47 bits per heavy atom. The van der Waals surface area contributed by atoms with Gasteiger partial charge in [-0.3, -0.25) is 4.79 Å². The van der Waals surface area contributed by atoms with Crippen molar-refractivity contribution >= 4 is 5.91 Å². The number of nitrogens with zero attached hydrogens (tertiary/aromatic N) is 1. The van der Waals surface area contributed by atoms with E-state index in [-0.39, 0.29) is 18.5 Å². The van der Waals surface area contributed by atoms with Crippen LogP contribution in [0.25, 0.3) is 0 Å². The topological polar surface area (TPSA) is 64.6 Å². The summed E-state index contributed by atoms with van der Waals surface area (Å²) in [5.74, 6) is -0.100. The molecule has 3 N–H and O–H groups in total. The Morgan fingerprint density at radius 1 is 1.53 bits per heavy atom. The van der Waals surface area contributed by atoms with Crippen molar-refractivity contribution in [2.75, 3.05) is 34.2 Å². The first kappa shape index (κ1) is 14.3. The van der Waals surface area contributed by atoms with Crippen LogP contribution in [0.15, 0.2) is 0 Å². The third-order valence-corrected chi connectivity index (χ3v) is 2.13. The average Bonchev–Trinajstić information content (AvgIpc) is 2.11. The molecule has 0 heterocycles. The lowest BCUT2D eigenvalue weighted by Crippen LogP contribution is -2.50. The van der Waals surface area contributed by atoms with Gasteiger partial charge in [-0.15, -0.1) is 0 Å². The highest BCUT2D eigenvalue weighted by Crippen LogP contribution is 2.02. The maximum Gasteiger partial charge on any atom is 0.236 e. The number of aliphatic hydroxyl groups is 1. The Morgan fingerprint density at radius 2 is 2.07 bits per heavy atom. The molecule has 1 amide bonds. The van der Waals surface area contributed by atoms with E-state index in [1.165, 1.54) is 0 Å². The third kappa shape index (κ3) is 6.43. The molecule has 0 saturated heterocycles. The van der Waals surface area contributed by atoms with E-state index in [1.54, 1.807) is 20.9 Å². The maximum absolute atomic E-state index is 11.4. The quantitative estimate of drug-likeness (QED) is 0.535. The molecule has 0 radical (unpaired) electrons. The van der Waals surface area contributed by atoms with Gasteiger partial charge in [-0.25, -0.2) is 0 Å². The largest absolute Gasteiger partial charge is 0.387 e. The van der Waals surface area contributed by atoms with E-state index in [1.807, 2.05) is 19.0 Å². The molecule has 0 aliphatic heterocycles. The van der Waals surface area contributed by atoms with Crippen LogP contribution < -0.4 is 10.6 Å². The summed E-state index contributed by atoms with van der Waals surface area (Å²) in [5.41, 5.74) is -0.896. The summed E-state index contributed by atoms with van der Waals surface area (Å²) in [4.78, 5) is 13.3. The smallest absolute Gasteiger partial charge is 0.236 e. The number of amides is 1. The van der Waals surface area contributed by atoms with Crippen molar-refractivity contribution in [2.24, 2.45) is 0 Å². The van der Waals surface area contributed by atoms with Gasteiger partial charge in [-0.05, 0) is 35.0 Å². The van der Waals surface area contributed by atoms with Gasteiger partial charge in [0.1, 0.15) is 0 Å². The summed E-state index contributed by atoms with van der Waals surface area (Å²) in [7, 11) is 5.49. The first-order chi connectivity index (χ1) is 6.78. The van der Waals surface area contributed by atoms with E-state index in [0.29, 0.717) is 6.54 Å². The summed E-state index contributed by atoms with van der Waals surface area (Å²) in [6.07, 6.45) is 0. The molecule has 0 aromatic heterocycles. The Hall–Kier alpha value is -0.650. The molecule has 2 unspecified atom stereocenters. The maximum atomic E-state index is 11.4. The van der Waals surface area contributed by atoms with Crippen LogP contribution in [0.3, 0.4) is 0 Å². The summed E-state index contributed by atoms with van der Waals surface area (Å²) < 4.78 is 0. The van der Waals surface area contributed by atoms with Crippen LogP contribution in [0, 0.1) is 0 Å². The second-order valence-corrected chi connectivity index (χ2v) is 4.46. The standard InChI is InChI=1S/C10H23N3O2/c1-8(11-3)9(14)12-6-10(2,15)7-13(4)5/h8,11,15H,6-7H2,1-5H3,(H,12,14). The third-order valence-electron chi connectivity index (χ3n) is 2.13. The minimum atomic E-state index is -0.896. The summed E-state index contributed by atoms with van der Waals surface area (Å²) in [6, 6.07) is -0.236. The minimum Gasteiger partial charge on any atom is -0.387 e. The van der Waals surface area contributed by atoms with Gasteiger partial charge in [0.25, 0.3) is 0 Å². The Kier molecular flexibility index (Phi) is 5.79. The lowest BCUT2D eigenvalue weighted by molar-refractivity contribution is -0.123. The molecular formula is C10H23N3O2. The van der Waals surface area contributed by atoms with Crippen molar-refractivity contribution in [2.45, 2.75) is 25.5 Å². The summed E-state index contributed by atoms with van der Waals surface area (Å²) in [5, 5.41) is 15.4. The fourth-order valence-corrected chi connectivity index (χ4v) is 1.30. The van der Waals surface area contributed by atoms with Crippen LogP contribution in [0.5, 0.6) is 0 Å². The van der Waals surface area contributed by atoms with Crippen LogP contribution in [0.2, 0.25) is 0 Å². The number of carbonyl (C=O) groups is 1. The fourth-order valence-electron chi connectivity index (χ4n) is 1.30. The lowest BCUT2D eigenvalue weighted by Gasteiger charge is -2.27. The number of hydrogen-bond acceptors (Lipinski definition) is 4. The molecule has 0 aromatic rings. The fraction of sp³-hybridized carbons (Fsp3) is 0.900. The zero-order chi connectivity index (χ0) is 12.1. The van der Waals surface area contributed by atoms with Gasteiger partial charge in [0.05, 0.1) is 11.6 Å². The SMILES string of the molecule is CNC(C)C(=O)NCC(C)(O)CN(C)C. The van der Waals surface area contributed by atoms with Crippen molar-refractivity contribution in [3.63, 3.8) is 0 Å². The molecule has 0 aliphatic rings. The second-order valence-electron chi connectivity index (χ2n) is 4.46. The molecule has 0 fully saturated rings. The Bertz CT molecular complexity index is 205. The first-order valence-corrected chi connectivity index (χ1v) is 5.10. The molecule has 15 heavy (non-hydrogen) atoms. The number of rotatable bonds is 6. The Balaban J connectivity index is 3.98. The first-order valence-electron chi connectivity index (χ1n) is 5.10. The number of carbonyl (C=O) groups excluding carboxylic acids is 1. The van der Waals surface area contributed by atoms with Gasteiger partial charge < -0.3 is 20.6 Å². The van der Waals surface area contributed by atoms with E-state index in [9.17, 15) is 9.90 Å². The zero-order valence-electron chi connectivity index (χ0n) is 10.3. The van der Waals surface area contributed by atoms with Gasteiger partial charge in [0.15, 0.2) is 0 Å². The van der Waals surface area contributed by atoms with Gasteiger partial charge in [-0.1, -0.05) is 0 Å². The van der Waals surface area contributed by atoms with Crippen molar-refractivity contribution in [3.8, 4) is 0 Å². The molecule has 0 spiro atoms. The van der Waals surface area contributed by atoms with Crippen LogP contribution in [-0.2, 0) is 4.79 Å². The number of likely N-dealkylation sites (N-methyl/N-ethyl adjacent to an activating group) is 2. The van der Waals surface area contributed by atoms with Gasteiger partial charge >= 0.3 is 0 Å². The highest BCUT2D eigenvalue weighted by molar-refractivity contribution is 5.81. The van der Waals surface area contributed by atoms with Crippen LogP contribution in [0.4, 0.5) is 0 Å².